The van der Waals surface area contributed by atoms with E-state index in [4.69, 9.17) is 10.5 Å². The normalized spacial score (nSPS) is 9.71. The molecule has 5 heteroatoms. The minimum Gasteiger partial charge on any atom is -0.496 e. The van der Waals surface area contributed by atoms with Crippen LogP contribution in [0.3, 0.4) is 0 Å². The van der Waals surface area contributed by atoms with Gasteiger partial charge in [0.25, 0.3) is 0 Å². The molecule has 0 unspecified atom stereocenters. The number of carbonyl (C=O) groups excluding carboxylic acids is 2. The third kappa shape index (κ3) is 4.55. The number of methoxy groups -OCH3 is 1. The van der Waals surface area contributed by atoms with E-state index in [0.717, 1.165) is 11.3 Å². The lowest BCUT2D eigenvalue weighted by Gasteiger charge is -2.07. The van der Waals surface area contributed by atoms with Crippen LogP contribution in [0.25, 0.3) is 0 Å². The molecule has 0 aliphatic carbocycles. The fourth-order valence-corrected chi connectivity index (χ4v) is 1.43. The van der Waals surface area contributed by atoms with Crippen molar-refractivity contribution in [2.75, 3.05) is 13.7 Å². The summed E-state index contributed by atoms with van der Waals surface area (Å²) in [6.45, 7) is -0.120. The predicted octanol–water partition coefficient (Wildman–Crippen LogP) is 0.229. The highest BCUT2D eigenvalue weighted by Crippen LogP contribution is 2.18. The number of benzene rings is 1. The van der Waals surface area contributed by atoms with Gasteiger partial charge < -0.3 is 15.8 Å². The average Bonchev–Trinajstić information content (AvgIpc) is 2.34. The fraction of sp³-hybridized carbons (Fsp3) is 0.333. The van der Waals surface area contributed by atoms with E-state index < -0.39 is 5.91 Å². The van der Waals surface area contributed by atoms with Gasteiger partial charge in [-0.3, -0.25) is 9.59 Å². The van der Waals surface area contributed by atoms with Crippen molar-refractivity contribution in [3.8, 4) is 5.75 Å². The van der Waals surface area contributed by atoms with Gasteiger partial charge in [-0.1, -0.05) is 18.2 Å². The largest absolute Gasteiger partial charge is 0.496 e. The second-order valence-electron chi connectivity index (χ2n) is 3.55. The van der Waals surface area contributed by atoms with Crippen molar-refractivity contribution in [2.45, 2.75) is 12.8 Å². The second kappa shape index (κ2) is 6.52. The third-order valence-corrected chi connectivity index (χ3v) is 2.27. The van der Waals surface area contributed by atoms with E-state index in [-0.39, 0.29) is 12.5 Å². The molecule has 17 heavy (non-hydrogen) atoms. The van der Waals surface area contributed by atoms with E-state index in [1.54, 1.807) is 7.11 Å². The molecule has 0 aromatic heterocycles. The fourth-order valence-electron chi connectivity index (χ4n) is 1.43. The van der Waals surface area contributed by atoms with E-state index in [9.17, 15) is 9.59 Å². The maximum Gasteiger partial charge on any atom is 0.236 e. The van der Waals surface area contributed by atoms with Crippen LogP contribution in [-0.4, -0.2) is 25.5 Å². The van der Waals surface area contributed by atoms with E-state index in [1.165, 1.54) is 0 Å². The van der Waals surface area contributed by atoms with Gasteiger partial charge in [-0.25, -0.2) is 0 Å². The first-order valence-corrected chi connectivity index (χ1v) is 5.30. The summed E-state index contributed by atoms with van der Waals surface area (Å²) in [5.41, 5.74) is 5.88. The number of aryl methyl sites for hydroxylation is 1. The van der Waals surface area contributed by atoms with Crippen molar-refractivity contribution in [3.63, 3.8) is 0 Å². The molecule has 0 aliphatic rings. The van der Waals surface area contributed by atoms with Crippen LogP contribution in [0.4, 0.5) is 0 Å². The third-order valence-electron chi connectivity index (χ3n) is 2.27. The zero-order valence-corrected chi connectivity index (χ0v) is 9.73. The first kappa shape index (κ1) is 13.0. The molecule has 0 bridgehead atoms. The molecule has 0 saturated carbocycles. The molecule has 0 heterocycles. The zero-order valence-electron chi connectivity index (χ0n) is 9.73. The van der Waals surface area contributed by atoms with Gasteiger partial charge in [-0.05, 0) is 18.1 Å². The summed E-state index contributed by atoms with van der Waals surface area (Å²) in [5, 5.41) is 2.44. The molecule has 0 fully saturated rings. The Morgan fingerprint density at radius 2 is 2.06 bits per heavy atom. The summed E-state index contributed by atoms with van der Waals surface area (Å²) >= 11 is 0. The number of nitrogens with two attached hydrogens (primary N) is 1. The molecular formula is C12H16N2O3. The zero-order chi connectivity index (χ0) is 12.7. The molecule has 1 aromatic carbocycles. The molecule has 0 saturated heterocycles. The predicted molar refractivity (Wildman–Crippen MR) is 63.5 cm³/mol. The van der Waals surface area contributed by atoms with Gasteiger partial charge in [-0.2, -0.15) is 0 Å². The number of para-hydroxylation sites is 1. The highest BCUT2D eigenvalue weighted by molar-refractivity contribution is 5.83. The van der Waals surface area contributed by atoms with Crippen LogP contribution in [0.2, 0.25) is 0 Å². The maximum atomic E-state index is 11.4. The van der Waals surface area contributed by atoms with Gasteiger partial charge in [0.15, 0.2) is 0 Å². The second-order valence-corrected chi connectivity index (χ2v) is 3.55. The molecule has 1 rings (SSSR count). The van der Waals surface area contributed by atoms with Crippen LogP contribution in [0.15, 0.2) is 24.3 Å². The molecule has 0 spiro atoms. The van der Waals surface area contributed by atoms with Crippen LogP contribution < -0.4 is 15.8 Å². The standard InChI is InChI=1S/C12H16N2O3/c1-17-10-5-3-2-4-9(10)6-7-12(16)14-8-11(13)15/h2-5H,6-8H2,1H3,(H2,13,15)(H,14,16). The monoisotopic (exact) mass is 236 g/mol. The lowest BCUT2D eigenvalue weighted by Crippen LogP contribution is -2.33. The first-order valence-electron chi connectivity index (χ1n) is 5.30. The van der Waals surface area contributed by atoms with E-state index in [2.05, 4.69) is 5.32 Å². The molecule has 0 aliphatic heterocycles. The quantitative estimate of drug-likeness (QED) is 0.741. The van der Waals surface area contributed by atoms with Gasteiger partial charge in [-0.15, -0.1) is 0 Å². The molecule has 92 valence electrons. The Kier molecular flexibility index (Phi) is 5.00. The van der Waals surface area contributed by atoms with Crippen LogP contribution in [-0.2, 0) is 16.0 Å². The van der Waals surface area contributed by atoms with Crippen molar-refractivity contribution in [1.82, 2.24) is 5.32 Å². The highest BCUT2D eigenvalue weighted by atomic mass is 16.5. The smallest absolute Gasteiger partial charge is 0.236 e. The summed E-state index contributed by atoms with van der Waals surface area (Å²) in [5.74, 6) is 0.0144. The number of amides is 2. The van der Waals surface area contributed by atoms with Crippen molar-refractivity contribution >= 4 is 11.8 Å². The van der Waals surface area contributed by atoms with E-state index in [1.807, 2.05) is 24.3 Å². The molecule has 2 amide bonds. The minimum atomic E-state index is -0.546. The summed E-state index contributed by atoms with van der Waals surface area (Å²) < 4.78 is 5.17. The van der Waals surface area contributed by atoms with Crippen LogP contribution >= 0.6 is 0 Å². The molecule has 1 aromatic rings. The Morgan fingerprint density at radius 3 is 2.71 bits per heavy atom. The number of hydrogen-bond donors (Lipinski definition) is 2. The number of hydrogen-bond acceptors (Lipinski definition) is 3. The van der Waals surface area contributed by atoms with E-state index >= 15 is 0 Å². The minimum absolute atomic E-state index is 0.120. The van der Waals surface area contributed by atoms with Crippen molar-refractivity contribution in [2.24, 2.45) is 5.73 Å². The highest BCUT2D eigenvalue weighted by Gasteiger charge is 2.06. The Balaban J connectivity index is 2.44. The number of nitrogens with one attached hydrogen (secondary N) is 1. The van der Waals surface area contributed by atoms with Gasteiger partial charge in [0.05, 0.1) is 13.7 Å². The molecular weight excluding hydrogens is 220 g/mol. The molecule has 0 radical (unpaired) electrons. The number of carbonyl (C=O) groups is 2. The summed E-state index contributed by atoms with van der Waals surface area (Å²) in [6, 6.07) is 7.51. The van der Waals surface area contributed by atoms with Gasteiger partial charge in [0.2, 0.25) is 11.8 Å². The Hall–Kier alpha value is -2.04. The van der Waals surface area contributed by atoms with E-state index in [0.29, 0.717) is 12.8 Å². The topological polar surface area (TPSA) is 81.4 Å². The average molecular weight is 236 g/mol. The number of ether oxygens (including phenoxy) is 1. The van der Waals surface area contributed by atoms with Gasteiger partial charge in [0.1, 0.15) is 5.75 Å². The van der Waals surface area contributed by atoms with Crippen LogP contribution in [0, 0.1) is 0 Å². The van der Waals surface area contributed by atoms with Crippen molar-refractivity contribution in [1.29, 1.82) is 0 Å². The number of rotatable bonds is 6. The van der Waals surface area contributed by atoms with Crippen LogP contribution in [0.5, 0.6) is 5.75 Å². The molecule has 3 N–H and O–H groups in total. The first-order chi connectivity index (χ1) is 8.13. The lowest BCUT2D eigenvalue weighted by atomic mass is 10.1. The molecule has 5 nitrogen and oxygen atoms in total. The van der Waals surface area contributed by atoms with Crippen molar-refractivity contribution < 1.29 is 14.3 Å². The molecule has 0 atom stereocenters. The Morgan fingerprint density at radius 1 is 1.35 bits per heavy atom. The maximum absolute atomic E-state index is 11.4. The summed E-state index contributed by atoms with van der Waals surface area (Å²) in [4.78, 5) is 21.8. The Labute approximate surface area is 99.9 Å². The van der Waals surface area contributed by atoms with Gasteiger partial charge in [0, 0.05) is 6.42 Å². The summed E-state index contributed by atoms with van der Waals surface area (Å²) in [7, 11) is 1.59. The van der Waals surface area contributed by atoms with Crippen LogP contribution in [0.1, 0.15) is 12.0 Å². The van der Waals surface area contributed by atoms with Gasteiger partial charge >= 0.3 is 0 Å². The Bertz CT molecular complexity index is 404. The SMILES string of the molecule is COc1ccccc1CCC(=O)NCC(N)=O. The van der Waals surface area contributed by atoms with Crippen molar-refractivity contribution in [3.05, 3.63) is 29.8 Å². The number of primary amides is 1. The summed E-state index contributed by atoms with van der Waals surface area (Å²) in [6.07, 6.45) is 0.863. The lowest BCUT2D eigenvalue weighted by molar-refractivity contribution is -0.124.